The van der Waals surface area contributed by atoms with Crippen molar-refractivity contribution >= 4 is 29.9 Å². The molecular formula is C25H30N4O5. The number of anilines is 1. The van der Waals surface area contributed by atoms with Gasteiger partial charge in [-0.05, 0) is 35.7 Å². The molecule has 0 saturated carbocycles. The summed E-state index contributed by atoms with van der Waals surface area (Å²) in [6, 6.07) is 9.41. The monoisotopic (exact) mass is 466 g/mol. The minimum absolute atomic E-state index is 0.0728. The largest absolute Gasteiger partial charge is 0.481 e. The number of amides is 3. The molecule has 180 valence electrons. The Morgan fingerprint density at radius 2 is 2.15 bits per heavy atom. The number of rotatable bonds is 12. The van der Waals surface area contributed by atoms with Gasteiger partial charge in [-0.25, -0.2) is 0 Å². The molecule has 1 aliphatic rings. The summed E-state index contributed by atoms with van der Waals surface area (Å²) in [6.45, 7) is 2.93. The fourth-order valence-corrected chi connectivity index (χ4v) is 4.17. The van der Waals surface area contributed by atoms with Crippen molar-refractivity contribution in [2.75, 3.05) is 18.0 Å². The van der Waals surface area contributed by atoms with Crippen molar-refractivity contribution < 1.29 is 24.3 Å². The van der Waals surface area contributed by atoms with E-state index in [0.29, 0.717) is 24.2 Å². The van der Waals surface area contributed by atoms with E-state index < -0.39 is 18.1 Å². The predicted octanol–water partition coefficient (Wildman–Crippen LogP) is 2.32. The highest BCUT2D eigenvalue weighted by Gasteiger charge is 2.38. The molecule has 3 rings (SSSR count). The van der Waals surface area contributed by atoms with E-state index in [0.717, 1.165) is 18.4 Å². The Morgan fingerprint density at radius 3 is 2.82 bits per heavy atom. The number of nitrogens with one attached hydrogen (secondary N) is 1. The van der Waals surface area contributed by atoms with Crippen LogP contribution >= 0.6 is 0 Å². The summed E-state index contributed by atoms with van der Waals surface area (Å²) >= 11 is 0. The molecule has 34 heavy (non-hydrogen) atoms. The third kappa shape index (κ3) is 6.40. The molecule has 2 heterocycles. The average Bonchev–Trinajstić information content (AvgIpc) is 3.21. The highest BCUT2D eigenvalue weighted by molar-refractivity contribution is 5.96. The summed E-state index contributed by atoms with van der Waals surface area (Å²) in [4.78, 5) is 55.6. The van der Waals surface area contributed by atoms with E-state index in [-0.39, 0.29) is 37.6 Å². The van der Waals surface area contributed by atoms with Crippen LogP contribution in [-0.4, -0.2) is 58.3 Å². The summed E-state index contributed by atoms with van der Waals surface area (Å²) < 4.78 is 0. The second-order valence-electron chi connectivity index (χ2n) is 8.37. The molecule has 2 N–H and O–H groups in total. The van der Waals surface area contributed by atoms with Gasteiger partial charge in [0, 0.05) is 37.6 Å². The lowest BCUT2D eigenvalue weighted by Crippen LogP contribution is -2.40. The molecule has 9 nitrogen and oxygen atoms in total. The molecule has 0 spiro atoms. The van der Waals surface area contributed by atoms with Crippen molar-refractivity contribution in [2.24, 2.45) is 0 Å². The van der Waals surface area contributed by atoms with Crippen molar-refractivity contribution in [3.8, 4) is 0 Å². The highest BCUT2D eigenvalue weighted by atomic mass is 16.4. The van der Waals surface area contributed by atoms with Gasteiger partial charge in [0.2, 0.25) is 18.2 Å². The Morgan fingerprint density at radius 1 is 1.32 bits per heavy atom. The molecule has 1 saturated heterocycles. The van der Waals surface area contributed by atoms with Crippen LogP contribution in [0.25, 0.3) is 0 Å². The molecule has 9 heteroatoms. The van der Waals surface area contributed by atoms with Crippen molar-refractivity contribution in [1.82, 2.24) is 15.2 Å². The Kier molecular flexibility index (Phi) is 8.73. The summed E-state index contributed by atoms with van der Waals surface area (Å²) in [5, 5.41) is 12.3. The molecule has 2 aromatic rings. The summed E-state index contributed by atoms with van der Waals surface area (Å²) in [6.07, 6.45) is 5.64. The van der Waals surface area contributed by atoms with Gasteiger partial charge >= 0.3 is 5.97 Å². The maximum absolute atomic E-state index is 12.9. The number of hydrogen-bond acceptors (Lipinski definition) is 5. The van der Waals surface area contributed by atoms with Gasteiger partial charge in [0.25, 0.3) is 0 Å². The fourth-order valence-electron chi connectivity index (χ4n) is 4.17. The van der Waals surface area contributed by atoms with Gasteiger partial charge in [-0.15, -0.1) is 0 Å². The summed E-state index contributed by atoms with van der Waals surface area (Å²) in [7, 11) is 0. The number of carboxylic acids is 1. The number of pyridine rings is 1. The summed E-state index contributed by atoms with van der Waals surface area (Å²) in [5.41, 5.74) is 2.03. The van der Waals surface area contributed by atoms with Gasteiger partial charge < -0.3 is 20.2 Å². The number of carboxylic acid groups (broad SMARTS) is 1. The molecule has 1 aromatic carbocycles. The van der Waals surface area contributed by atoms with E-state index in [4.69, 9.17) is 0 Å². The lowest BCUT2D eigenvalue weighted by atomic mass is 10.0. The van der Waals surface area contributed by atoms with Gasteiger partial charge in [-0.1, -0.05) is 31.5 Å². The first-order valence-corrected chi connectivity index (χ1v) is 11.4. The van der Waals surface area contributed by atoms with E-state index in [1.807, 2.05) is 6.07 Å². The Balaban J connectivity index is 1.75. The topological polar surface area (TPSA) is 120 Å². The molecule has 1 fully saturated rings. The number of benzene rings is 1. The maximum atomic E-state index is 12.9. The van der Waals surface area contributed by atoms with Crippen molar-refractivity contribution in [1.29, 1.82) is 0 Å². The van der Waals surface area contributed by atoms with Gasteiger partial charge in [0.15, 0.2) is 0 Å². The van der Waals surface area contributed by atoms with Gasteiger partial charge in [0.05, 0.1) is 24.9 Å². The minimum Gasteiger partial charge on any atom is -0.481 e. The lowest BCUT2D eigenvalue weighted by Gasteiger charge is -2.32. The van der Waals surface area contributed by atoms with Crippen LogP contribution in [0, 0.1) is 0 Å². The average molecular weight is 467 g/mol. The van der Waals surface area contributed by atoms with Crippen molar-refractivity contribution in [3.05, 3.63) is 59.9 Å². The van der Waals surface area contributed by atoms with Gasteiger partial charge in [-0.2, -0.15) is 0 Å². The van der Waals surface area contributed by atoms with Crippen LogP contribution in [-0.2, 0) is 25.6 Å². The van der Waals surface area contributed by atoms with Crippen LogP contribution < -0.4 is 10.2 Å². The van der Waals surface area contributed by atoms with E-state index in [2.05, 4.69) is 17.2 Å². The Labute approximate surface area is 198 Å². The molecule has 0 bridgehead atoms. The van der Waals surface area contributed by atoms with Crippen LogP contribution in [0.1, 0.15) is 49.8 Å². The number of carbonyl (C=O) groups is 4. The third-order valence-electron chi connectivity index (χ3n) is 5.88. The molecular weight excluding hydrogens is 436 g/mol. The predicted molar refractivity (Wildman–Crippen MR) is 126 cm³/mol. The van der Waals surface area contributed by atoms with Crippen LogP contribution in [0.2, 0.25) is 0 Å². The number of unbranched alkanes of at least 4 members (excludes halogenated alkanes) is 1. The van der Waals surface area contributed by atoms with E-state index in [1.54, 1.807) is 41.4 Å². The number of aliphatic carboxylic acids is 1. The van der Waals surface area contributed by atoms with Crippen LogP contribution in [0.3, 0.4) is 0 Å². The minimum atomic E-state index is -1.05. The van der Waals surface area contributed by atoms with Gasteiger partial charge in [0.1, 0.15) is 0 Å². The third-order valence-corrected chi connectivity index (χ3v) is 5.88. The molecule has 2 unspecified atom stereocenters. The normalized spacial score (nSPS) is 16.2. The smallest absolute Gasteiger partial charge is 0.305 e. The zero-order valence-corrected chi connectivity index (χ0v) is 19.2. The highest BCUT2D eigenvalue weighted by Crippen LogP contribution is 2.31. The first-order chi connectivity index (χ1) is 16.4. The van der Waals surface area contributed by atoms with E-state index in [9.17, 15) is 24.3 Å². The zero-order valence-electron chi connectivity index (χ0n) is 19.2. The quantitative estimate of drug-likeness (QED) is 0.366. The fraction of sp³-hybridized carbons (Fsp3) is 0.400. The molecule has 1 aromatic heterocycles. The second-order valence-corrected chi connectivity index (χ2v) is 8.37. The van der Waals surface area contributed by atoms with E-state index in [1.165, 1.54) is 11.1 Å². The van der Waals surface area contributed by atoms with Crippen molar-refractivity contribution in [2.45, 2.75) is 51.1 Å². The summed E-state index contributed by atoms with van der Waals surface area (Å²) in [5.74, 6) is -1.29. The zero-order chi connectivity index (χ0) is 24.5. The number of aromatic nitrogens is 1. The van der Waals surface area contributed by atoms with Crippen LogP contribution in [0.15, 0.2) is 48.8 Å². The van der Waals surface area contributed by atoms with Crippen LogP contribution in [0.5, 0.6) is 0 Å². The van der Waals surface area contributed by atoms with Gasteiger partial charge in [-0.3, -0.25) is 24.2 Å². The number of hydrogen-bond donors (Lipinski definition) is 2. The lowest BCUT2D eigenvalue weighted by molar-refractivity contribution is -0.139. The molecule has 0 radical (unpaired) electrons. The Bertz CT molecular complexity index is 1010. The van der Waals surface area contributed by atoms with E-state index >= 15 is 0 Å². The first-order valence-electron chi connectivity index (χ1n) is 11.4. The molecule has 1 aliphatic heterocycles. The maximum Gasteiger partial charge on any atom is 0.305 e. The van der Waals surface area contributed by atoms with Crippen molar-refractivity contribution in [3.63, 3.8) is 0 Å². The molecule has 0 aliphatic carbocycles. The molecule has 3 amide bonds. The number of nitrogens with zero attached hydrogens (tertiary/aromatic N) is 3. The first kappa shape index (κ1) is 24.9. The van der Waals surface area contributed by atoms with Crippen LogP contribution in [0.4, 0.5) is 5.69 Å². The molecule has 2 atom stereocenters. The number of carbonyl (C=O) groups excluding carboxylic acids is 3. The second kappa shape index (κ2) is 11.9. The standard InChI is InChI=1S/C25H30N4O5/c1-2-3-10-27-23(31)12-18-6-4-8-20(11-18)28-16-21(13-24(28)32)29(17-30)22(14-25(33)34)19-7-5-9-26-15-19/h4-9,11,15,17,21-22H,2-3,10,12-14,16H2,1H3,(H,27,31)(H,33,34). The SMILES string of the molecule is CCCCNC(=O)Cc1cccc(N2CC(N(C=O)C(CC(=O)O)c3cccnc3)CC2=O)c1. The Hall–Kier alpha value is -3.75.